The third-order valence-corrected chi connectivity index (χ3v) is 5.54. The van der Waals surface area contributed by atoms with Crippen LogP contribution in [0.3, 0.4) is 0 Å². The van der Waals surface area contributed by atoms with Gasteiger partial charge in [0, 0.05) is 0 Å². The fraction of sp³-hybridized carbons (Fsp3) is 0.208. The first-order chi connectivity index (χ1) is 12.6. The molecule has 2 heterocycles. The highest BCUT2D eigenvalue weighted by molar-refractivity contribution is 6.08. The summed E-state index contributed by atoms with van der Waals surface area (Å²) in [5, 5.41) is 0. The Hall–Kier alpha value is -2.71. The van der Waals surface area contributed by atoms with Crippen LogP contribution in [0.5, 0.6) is 0 Å². The molecule has 0 bridgehead atoms. The van der Waals surface area contributed by atoms with Gasteiger partial charge in [0.2, 0.25) is 0 Å². The fourth-order valence-corrected chi connectivity index (χ4v) is 4.30. The molecule has 0 N–H and O–H groups in total. The third-order valence-electron chi connectivity index (χ3n) is 5.54. The van der Waals surface area contributed by atoms with Gasteiger partial charge in [0.05, 0.1) is 17.8 Å². The van der Waals surface area contributed by atoms with E-state index in [2.05, 4.69) is 104 Å². The van der Waals surface area contributed by atoms with E-state index in [-0.39, 0.29) is 5.66 Å². The maximum atomic E-state index is 5.00. The van der Waals surface area contributed by atoms with Gasteiger partial charge in [-0.25, -0.2) is 0 Å². The highest BCUT2D eigenvalue weighted by Crippen LogP contribution is 2.54. The SMILES string of the molecule is CC1(C)N=C(c2ccccc2)C2C(c3ccc(-c4ccccc4)cc3)N21. The summed E-state index contributed by atoms with van der Waals surface area (Å²) in [5.74, 6) is 0. The quantitative estimate of drug-likeness (QED) is 0.590. The van der Waals surface area contributed by atoms with E-state index in [1.54, 1.807) is 0 Å². The molecule has 0 aliphatic carbocycles. The molecule has 3 aromatic carbocycles. The van der Waals surface area contributed by atoms with Gasteiger partial charge in [0.1, 0.15) is 5.66 Å². The summed E-state index contributed by atoms with van der Waals surface area (Å²) < 4.78 is 0. The van der Waals surface area contributed by atoms with Crippen LogP contribution in [0.15, 0.2) is 89.9 Å². The van der Waals surface area contributed by atoms with Gasteiger partial charge in [-0.2, -0.15) is 0 Å². The number of hydrogen-bond acceptors (Lipinski definition) is 2. The van der Waals surface area contributed by atoms with Crippen molar-refractivity contribution in [3.8, 4) is 11.1 Å². The second kappa shape index (κ2) is 5.65. The minimum absolute atomic E-state index is 0.140. The van der Waals surface area contributed by atoms with Crippen molar-refractivity contribution in [2.24, 2.45) is 4.99 Å². The maximum absolute atomic E-state index is 5.00. The van der Waals surface area contributed by atoms with Crippen molar-refractivity contribution in [3.63, 3.8) is 0 Å². The Morgan fingerprint density at radius 3 is 1.81 bits per heavy atom. The average molecular weight is 338 g/mol. The summed E-state index contributed by atoms with van der Waals surface area (Å²) in [5.41, 5.74) is 6.25. The topological polar surface area (TPSA) is 15.4 Å². The summed E-state index contributed by atoms with van der Waals surface area (Å²) in [6.45, 7) is 4.43. The minimum Gasteiger partial charge on any atom is -0.266 e. The van der Waals surface area contributed by atoms with E-state index in [1.165, 1.54) is 28.0 Å². The van der Waals surface area contributed by atoms with Crippen LogP contribution in [0.25, 0.3) is 11.1 Å². The number of rotatable bonds is 3. The Labute approximate surface area is 154 Å². The first-order valence-electron chi connectivity index (χ1n) is 9.24. The molecule has 0 aromatic heterocycles. The number of nitrogens with zero attached hydrogens (tertiary/aromatic N) is 2. The number of fused-ring (bicyclic) bond motifs is 1. The van der Waals surface area contributed by atoms with Gasteiger partial charge in [0.15, 0.2) is 0 Å². The second-order valence-electron chi connectivity index (χ2n) is 7.64. The van der Waals surface area contributed by atoms with Gasteiger partial charge in [-0.3, -0.25) is 9.89 Å². The summed E-state index contributed by atoms with van der Waals surface area (Å²) in [6, 6.07) is 31.0. The van der Waals surface area contributed by atoms with Crippen LogP contribution < -0.4 is 0 Å². The Balaban J connectivity index is 1.45. The summed E-state index contributed by atoms with van der Waals surface area (Å²) in [7, 11) is 0. The summed E-state index contributed by atoms with van der Waals surface area (Å²) in [4.78, 5) is 7.53. The van der Waals surface area contributed by atoms with Crippen molar-refractivity contribution in [1.29, 1.82) is 0 Å². The van der Waals surface area contributed by atoms with Crippen LogP contribution in [0.1, 0.15) is 31.0 Å². The molecule has 0 radical (unpaired) electrons. The van der Waals surface area contributed by atoms with Crippen molar-refractivity contribution < 1.29 is 0 Å². The predicted octanol–water partition coefficient (Wildman–Crippen LogP) is 5.32. The molecule has 1 saturated heterocycles. The molecule has 0 saturated carbocycles. The van der Waals surface area contributed by atoms with E-state index < -0.39 is 0 Å². The van der Waals surface area contributed by atoms with E-state index in [4.69, 9.17) is 4.99 Å². The molecule has 2 aliphatic rings. The predicted molar refractivity (Wildman–Crippen MR) is 107 cm³/mol. The normalized spacial score (nSPS) is 25.5. The van der Waals surface area contributed by atoms with Crippen molar-refractivity contribution in [2.75, 3.05) is 0 Å². The monoisotopic (exact) mass is 338 g/mol. The maximum Gasteiger partial charge on any atom is 0.109 e. The van der Waals surface area contributed by atoms with Crippen molar-refractivity contribution in [1.82, 2.24) is 4.90 Å². The second-order valence-corrected chi connectivity index (χ2v) is 7.64. The molecule has 5 rings (SSSR count). The van der Waals surface area contributed by atoms with Gasteiger partial charge >= 0.3 is 0 Å². The highest BCUT2D eigenvalue weighted by Gasteiger charge is 2.62. The molecule has 1 fully saturated rings. The molecular weight excluding hydrogens is 316 g/mol. The minimum atomic E-state index is -0.140. The third kappa shape index (κ3) is 2.41. The van der Waals surface area contributed by atoms with E-state index >= 15 is 0 Å². The molecule has 2 nitrogen and oxygen atoms in total. The Morgan fingerprint density at radius 2 is 1.19 bits per heavy atom. The lowest BCUT2D eigenvalue weighted by Gasteiger charge is -2.20. The first-order valence-corrected chi connectivity index (χ1v) is 9.24. The van der Waals surface area contributed by atoms with Crippen LogP contribution in [0, 0.1) is 0 Å². The molecule has 3 aromatic rings. The number of hydrogen-bond donors (Lipinski definition) is 0. The molecule has 128 valence electrons. The lowest BCUT2D eigenvalue weighted by molar-refractivity contribution is 0.281. The zero-order valence-corrected chi connectivity index (χ0v) is 15.1. The molecule has 0 amide bonds. The average Bonchev–Trinajstić information content (AvgIpc) is 3.38. The zero-order chi connectivity index (χ0) is 17.7. The van der Waals surface area contributed by atoms with Gasteiger partial charge < -0.3 is 0 Å². The van der Waals surface area contributed by atoms with Crippen LogP contribution in [0.2, 0.25) is 0 Å². The highest BCUT2D eigenvalue weighted by atomic mass is 15.5. The van der Waals surface area contributed by atoms with Crippen molar-refractivity contribution in [2.45, 2.75) is 31.6 Å². The molecule has 2 aliphatic heterocycles. The lowest BCUT2D eigenvalue weighted by atomic mass is 9.99. The van der Waals surface area contributed by atoms with Crippen molar-refractivity contribution >= 4 is 5.71 Å². The van der Waals surface area contributed by atoms with Gasteiger partial charge in [0.25, 0.3) is 0 Å². The summed E-state index contributed by atoms with van der Waals surface area (Å²) in [6.07, 6.45) is 0. The molecule has 2 heteroatoms. The van der Waals surface area contributed by atoms with Crippen molar-refractivity contribution in [3.05, 3.63) is 96.1 Å². The van der Waals surface area contributed by atoms with Crippen LogP contribution in [0.4, 0.5) is 0 Å². The van der Waals surface area contributed by atoms with E-state index in [1.807, 2.05) is 0 Å². The van der Waals surface area contributed by atoms with Crippen LogP contribution in [-0.4, -0.2) is 22.3 Å². The Kier molecular flexibility index (Phi) is 3.38. The first kappa shape index (κ1) is 15.5. The van der Waals surface area contributed by atoms with Crippen LogP contribution >= 0.6 is 0 Å². The summed E-state index contributed by atoms with van der Waals surface area (Å²) >= 11 is 0. The fourth-order valence-electron chi connectivity index (χ4n) is 4.30. The Bertz CT molecular complexity index is 956. The largest absolute Gasteiger partial charge is 0.266 e. The molecule has 3 atom stereocenters. The molecular formula is C24H22N2. The van der Waals surface area contributed by atoms with E-state index in [9.17, 15) is 0 Å². The zero-order valence-electron chi connectivity index (χ0n) is 15.1. The van der Waals surface area contributed by atoms with E-state index in [0.29, 0.717) is 12.1 Å². The molecule has 3 unspecified atom stereocenters. The number of aliphatic imine (C=N–C) groups is 1. The lowest BCUT2D eigenvalue weighted by Crippen LogP contribution is -2.25. The van der Waals surface area contributed by atoms with E-state index in [0.717, 1.165) is 0 Å². The Morgan fingerprint density at radius 1 is 0.654 bits per heavy atom. The van der Waals surface area contributed by atoms with Gasteiger partial charge in [-0.1, -0.05) is 84.9 Å². The molecule has 0 spiro atoms. The standard InChI is InChI=1S/C24H22N2/c1-24(2)25-21(19-11-7-4-8-12-19)23-22(26(23)24)20-15-13-18(14-16-20)17-9-5-3-6-10-17/h3-16,22-23H,1-2H3. The van der Waals surface area contributed by atoms with Gasteiger partial charge in [-0.05, 0) is 36.1 Å². The van der Waals surface area contributed by atoms with Gasteiger partial charge in [-0.15, -0.1) is 0 Å². The smallest absolute Gasteiger partial charge is 0.109 e. The number of benzene rings is 3. The van der Waals surface area contributed by atoms with Crippen LogP contribution in [-0.2, 0) is 0 Å². The molecule has 26 heavy (non-hydrogen) atoms.